The van der Waals surface area contributed by atoms with Crippen LogP contribution in [-0.4, -0.2) is 27.6 Å². The topological polar surface area (TPSA) is 95.7 Å². The highest BCUT2D eigenvalue weighted by Gasteiger charge is 2.33. The Balaban J connectivity index is 2.60. The summed E-state index contributed by atoms with van der Waals surface area (Å²) < 4.78 is 102. The first kappa shape index (κ1) is 23.1. The molecule has 162 valence electrons. The third-order valence-electron chi connectivity index (χ3n) is 3.81. The zero-order chi connectivity index (χ0) is 22.8. The molecular formula is C17H12F5NO6S. The fraction of sp³-hybridized carbons (Fsp3) is 0.176. The van der Waals surface area contributed by atoms with E-state index in [9.17, 15) is 40.5 Å². The third kappa shape index (κ3) is 4.35. The van der Waals surface area contributed by atoms with Gasteiger partial charge in [-0.25, -0.2) is 30.4 Å². The summed E-state index contributed by atoms with van der Waals surface area (Å²) in [5.41, 5.74) is -1.79. The monoisotopic (exact) mass is 453 g/mol. The molecule has 0 N–H and O–H groups in total. The molecule has 7 nitrogen and oxygen atoms in total. The summed E-state index contributed by atoms with van der Waals surface area (Å²) in [6, 6.07) is 3.73. The smallest absolute Gasteiger partial charge is 0.360 e. The van der Waals surface area contributed by atoms with Crippen LogP contribution >= 0.6 is 0 Å². The maximum absolute atomic E-state index is 13.8. The Morgan fingerprint density at radius 3 is 1.93 bits per heavy atom. The Morgan fingerprint density at radius 1 is 0.967 bits per heavy atom. The lowest BCUT2D eigenvalue weighted by molar-refractivity contribution is -0.410. The maximum Gasteiger partial charge on any atom is 0.360 e. The lowest BCUT2D eigenvalue weighted by atomic mass is 10.1. The molecule has 0 saturated heterocycles. The molecule has 2 aromatic carbocycles. The minimum atomic E-state index is -4.89. The van der Waals surface area contributed by atoms with Gasteiger partial charge in [0.15, 0.2) is 34.8 Å². The van der Waals surface area contributed by atoms with Crippen LogP contribution in [0.2, 0.25) is 0 Å². The highest BCUT2D eigenvalue weighted by atomic mass is 32.2. The number of hydrogen-bond donors (Lipinski definition) is 0. The molecule has 13 heteroatoms. The fourth-order valence-corrected chi connectivity index (χ4v) is 3.68. The molecule has 2 rings (SSSR count). The van der Waals surface area contributed by atoms with Gasteiger partial charge in [-0.2, -0.15) is 0 Å². The quantitative estimate of drug-likeness (QED) is 0.209. The van der Waals surface area contributed by atoms with E-state index in [-0.39, 0.29) is 23.1 Å². The van der Waals surface area contributed by atoms with Crippen molar-refractivity contribution in [3.8, 4) is 11.5 Å². The van der Waals surface area contributed by atoms with E-state index in [1.807, 2.05) is 0 Å². The van der Waals surface area contributed by atoms with Gasteiger partial charge in [0.2, 0.25) is 15.7 Å². The lowest BCUT2D eigenvalue weighted by Gasteiger charge is -2.09. The molecule has 0 fully saturated rings. The lowest BCUT2D eigenvalue weighted by Crippen LogP contribution is -2.15. The van der Waals surface area contributed by atoms with Crippen LogP contribution in [0.15, 0.2) is 23.2 Å². The predicted octanol–water partition coefficient (Wildman–Crippen LogP) is 3.59. The van der Waals surface area contributed by atoms with E-state index in [0.717, 1.165) is 0 Å². The molecule has 0 saturated carbocycles. The van der Waals surface area contributed by atoms with Crippen LogP contribution in [0.4, 0.5) is 22.0 Å². The SMILES string of the molecule is COc1ccc(CS(=O)(=O)C(=Cc2c(F)c(F)c(F)c(F)c2F)[N+](=O)[O-])cc1OC. The number of ether oxygens (including phenoxy) is 2. The molecule has 0 spiro atoms. The van der Waals surface area contributed by atoms with Crippen LogP contribution < -0.4 is 9.47 Å². The molecule has 0 aliphatic carbocycles. The molecule has 2 aromatic rings. The minimum Gasteiger partial charge on any atom is -0.493 e. The summed E-state index contributed by atoms with van der Waals surface area (Å²) >= 11 is 0. The molecule has 0 aromatic heterocycles. The van der Waals surface area contributed by atoms with Crippen LogP contribution in [0.3, 0.4) is 0 Å². The molecule has 0 atom stereocenters. The number of nitro groups is 1. The zero-order valence-electron chi connectivity index (χ0n) is 15.2. The highest BCUT2D eigenvalue weighted by molar-refractivity contribution is 7.94. The number of sulfone groups is 1. The number of nitrogens with zero attached hydrogens (tertiary/aromatic N) is 1. The second kappa shape index (κ2) is 8.65. The van der Waals surface area contributed by atoms with Gasteiger partial charge in [-0.3, -0.25) is 10.1 Å². The van der Waals surface area contributed by atoms with E-state index in [1.54, 1.807) is 0 Å². The number of hydrogen-bond acceptors (Lipinski definition) is 6. The van der Waals surface area contributed by atoms with Gasteiger partial charge in [0.1, 0.15) is 0 Å². The number of methoxy groups -OCH3 is 2. The standard InChI is InChI=1S/C17H12F5NO6S/c1-28-10-4-3-8(5-11(10)29-2)7-30(26,27)12(23(24)25)6-9-13(18)15(20)17(22)16(21)14(9)19/h3-6H,7H2,1-2H3. The summed E-state index contributed by atoms with van der Waals surface area (Å²) in [7, 11) is -2.33. The van der Waals surface area contributed by atoms with E-state index in [4.69, 9.17) is 9.47 Å². The van der Waals surface area contributed by atoms with Crippen LogP contribution in [0.1, 0.15) is 11.1 Å². The van der Waals surface area contributed by atoms with Crippen molar-refractivity contribution < 1.29 is 44.8 Å². The Labute approximate surface area is 166 Å². The highest BCUT2D eigenvalue weighted by Crippen LogP contribution is 2.30. The normalized spacial score (nSPS) is 12.0. The van der Waals surface area contributed by atoms with Crippen molar-refractivity contribution in [2.24, 2.45) is 0 Å². The van der Waals surface area contributed by atoms with E-state index >= 15 is 0 Å². The average Bonchev–Trinajstić information content (AvgIpc) is 2.69. The van der Waals surface area contributed by atoms with Crippen LogP contribution in [-0.2, 0) is 15.6 Å². The Kier molecular flexibility index (Phi) is 6.65. The molecule has 0 amide bonds. The first-order valence-corrected chi connectivity index (χ1v) is 9.41. The molecule has 0 aliphatic rings. The number of benzene rings is 2. The first-order valence-electron chi connectivity index (χ1n) is 7.75. The Morgan fingerprint density at radius 2 is 1.47 bits per heavy atom. The number of halogens is 5. The van der Waals surface area contributed by atoms with Gasteiger partial charge in [-0.1, -0.05) is 6.07 Å². The van der Waals surface area contributed by atoms with Crippen molar-refractivity contribution >= 4 is 15.9 Å². The molecule has 30 heavy (non-hydrogen) atoms. The van der Waals surface area contributed by atoms with Gasteiger partial charge < -0.3 is 9.47 Å². The Bertz CT molecular complexity index is 1120. The average molecular weight is 453 g/mol. The summed E-state index contributed by atoms with van der Waals surface area (Å²) in [6.07, 6.45) is -0.216. The second-order valence-corrected chi connectivity index (χ2v) is 7.61. The van der Waals surface area contributed by atoms with Crippen LogP contribution in [0.5, 0.6) is 11.5 Å². The van der Waals surface area contributed by atoms with Gasteiger partial charge in [0, 0.05) is 6.08 Å². The van der Waals surface area contributed by atoms with Crippen LogP contribution in [0.25, 0.3) is 6.08 Å². The van der Waals surface area contributed by atoms with Crippen molar-refractivity contribution in [1.82, 2.24) is 0 Å². The summed E-state index contributed by atoms with van der Waals surface area (Å²) in [6.45, 7) is 0. The fourth-order valence-electron chi connectivity index (χ4n) is 2.39. The molecule has 0 aliphatic heterocycles. The number of rotatable bonds is 7. The molecule has 0 bridgehead atoms. The largest absolute Gasteiger partial charge is 0.493 e. The van der Waals surface area contributed by atoms with E-state index < -0.39 is 60.2 Å². The van der Waals surface area contributed by atoms with Crippen molar-refractivity contribution in [2.45, 2.75) is 5.75 Å². The van der Waals surface area contributed by atoms with Gasteiger partial charge in [0.25, 0.3) is 0 Å². The van der Waals surface area contributed by atoms with Gasteiger partial charge in [-0.15, -0.1) is 0 Å². The van der Waals surface area contributed by atoms with Gasteiger partial charge >= 0.3 is 5.03 Å². The van der Waals surface area contributed by atoms with E-state index in [2.05, 4.69) is 0 Å². The second-order valence-electron chi connectivity index (χ2n) is 5.67. The van der Waals surface area contributed by atoms with Crippen molar-refractivity contribution in [2.75, 3.05) is 14.2 Å². The van der Waals surface area contributed by atoms with Crippen molar-refractivity contribution in [3.05, 3.63) is 73.6 Å². The molecule has 0 heterocycles. The summed E-state index contributed by atoms with van der Waals surface area (Å²) in [4.78, 5) is 9.72. The summed E-state index contributed by atoms with van der Waals surface area (Å²) in [5, 5.41) is 9.47. The van der Waals surface area contributed by atoms with E-state index in [0.29, 0.717) is 0 Å². The maximum atomic E-state index is 13.8. The predicted molar refractivity (Wildman–Crippen MR) is 93.4 cm³/mol. The third-order valence-corrected chi connectivity index (χ3v) is 5.43. The molecule has 0 radical (unpaired) electrons. The van der Waals surface area contributed by atoms with Crippen molar-refractivity contribution in [3.63, 3.8) is 0 Å². The van der Waals surface area contributed by atoms with E-state index in [1.165, 1.54) is 32.4 Å². The molecular weight excluding hydrogens is 441 g/mol. The van der Waals surface area contributed by atoms with Gasteiger partial charge in [0.05, 0.1) is 30.5 Å². The van der Waals surface area contributed by atoms with Crippen molar-refractivity contribution in [1.29, 1.82) is 0 Å². The first-order chi connectivity index (χ1) is 13.9. The Hall–Kier alpha value is -3.22. The van der Waals surface area contributed by atoms with Crippen LogP contribution in [0, 0.1) is 39.2 Å². The van der Waals surface area contributed by atoms with Gasteiger partial charge in [-0.05, 0) is 17.7 Å². The summed E-state index contributed by atoms with van der Waals surface area (Å²) in [5.74, 6) is -12.8. The molecule has 0 unspecified atom stereocenters. The zero-order valence-corrected chi connectivity index (χ0v) is 16.0. The minimum absolute atomic E-state index is 0.0298.